The van der Waals surface area contributed by atoms with E-state index in [4.69, 9.17) is 16.3 Å². The van der Waals surface area contributed by atoms with E-state index in [-0.39, 0.29) is 24.9 Å². The molecule has 0 aliphatic carbocycles. The largest absolute Gasteiger partial charge is 0.444 e. The molecule has 0 aromatic heterocycles. The number of nitrogens with zero attached hydrogens (tertiary/aromatic N) is 1. The van der Waals surface area contributed by atoms with E-state index >= 15 is 0 Å². The van der Waals surface area contributed by atoms with E-state index in [9.17, 15) is 9.59 Å². The van der Waals surface area contributed by atoms with Gasteiger partial charge in [-0.3, -0.25) is 9.69 Å². The fourth-order valence-corrected chi connectivity index (χ4v) is 3.00. The van der Waals surface area contributed by atoms with E-state index in [1.807, 2.05) is 24.3 Å². The lowest BCUT2D eigenvalue weighted by Gasteiger charge is -2.31. The number of hydrogen-bond donors (Lipinski definition) is 2. The average molecular weight is 398 g/mol. The summed E-state index contributed by atoms with van der Waals surface area (Å²) in [4.78, 5) is 26.0. The van der Waals surface area contributed by atoms with Crippen LogP contribution in [0.25, 0.3) is 0 Å². The first-order valence-electron chi connectivity index (χ1n) is 9.40. The molecule has 0 radical (unpaired) electrons. The first-order chi connectivity index (χ1) is 12.7. The molecule has 0 saturated heterocycles. The standard InChI is InChI=1S/C20H32ClN3O3/c1-6-24(7-2)17(15-10-8-9-11-16(15)21)14-23-18(25)12-13-22-19(26)27-20(3,4)5/h8-11,17H,6-7,12-14H2,1-5H3,(H,22,26)(H,23,25). The molecular weight excluding hydrogens is 366 g/mol. The van der Waals surface area contributed by atoms with Crippen molar-refractivity contribution in [3.63, 3.8) is 0 Å². The first-order valence-corrected chi connectivity index (χ1v) is 9.77. The summed E-state index contributed by atoms with van der Waals surface area (Å²) in [6.45, 7) is 11.9. The molecule has 0 aliphatic heterocycles. The van der Waals surface area contributed by atoms with Gasteiger partial charge >= 0.3 is 6.09 Å². The van der Waals surface area contributed by atoms with Crippen LogP contribution in [0.3, 0.4) is 0 Å². The van der Waals surface area contributed by atoms with E-state index in [2.05, 4.69) is 29.4 Å². The van der Waals surface area contributed by atoms with Crippen molar-refractivity contribution >= 4 is 23.6 Å². The zero-order chi connectivity index (χ0) is 20.4. The molecule has 27 heavy (non-hydrogen) atoms. The molecule has 2 amide bonds. The van der Waals surface area contributed by atoms with Gasteiger partial charge in [0.1, 0.15) is 5.60 Å². The number of carbonyl (C=O) groups excluding carboxylic acids is 2. The van der Waals surface area contributed by atoms with Crippen molar-refractivity contribution in [2.45, 2.75) is 52.7 Å². The van der Waals surface area contributed by atoms with Crippen LogP contribution in [-0.4, -0.2) is 48.7 Å². The predicted octanol–water partition coefficient (Wildman–Crippen LogP) is 3.75. The highest BCUT2D eigenvalue weighted by atomic mass is 35.5. The highest BCUT2D eigenvalue weighted by Crippen LogP contribution is 2.26. The molecule has 1 aromatic carbocycles. The van der Waals surface area contributed by atoms with Crippen LogP contribution < -0.4 is 10.6 Å². The Labute approximate surface area is 167 Å². The smallest absolute Gasteiger partial charge is 0.407 e. The second-order valence-electron chi connectivity index (χ2n) is 7.24. The number of ether oxygens (including phenoxy) is 1. The maximum Gasteiger partial charge on any atom is 0.407 e. The van der Waals surface area contributed by atoms with Gasteiger partial charge in [-0.1, -0.05) is 43.6 Å². The highest BCUT2D eigenvalue weighted by molar-refractivity contribution is 6.31. The maximum absolute atomic E-state index is 12.2. The zero-order valence-corrected chi connectivity index (χ0v) is 17.7. The van der Waals surface area contributed by atoms with E-state index in [0.717, 1.165) is 18.7 Å². The Hall–Kier alpha value is -1.79. The molecule has 0 fully saturated rings. The molecule has 0 saturated carbocycles. The topological polar surface area (TPSA) is 70.7 Å². The van der Waals surface area contributed by atoms with Crippen molar-refractivity contribution in [2.75, 3.05) is 26.2 Å². The van der Waals surface area contributed by atoms with Crippen molar-refractivity contribution in [2.24, 2.45) is 0 Å². The predicted molar refractivity (Wildman–Crippen MR) is 109 cm³/mol. The fraction of sp³-hybridized carbons (Fsp3) is 0.600. The third kappa shape index (κ3) is 8.63. The Morgan fingerprint density at radius 3 is 2.33 bits per heavy atom. The molecule has 1 unspecified atom stereocenters. The Morgan fingerprint density at radius 2 is 1.78 bits per heavy atom. The monoisotopic (exact) mass is 397 g/mol. The summed E-state index contributed by atoms with van der Waals surface area (Å²) in [5.41, 5.74) is 0.438. The zero-order valence-electron chi connectivity index (χ0n) is 17.0. The highest BCUT2D eigenvalue weighted by Gasteiger charge is 2.21. The van der Waals surface area contributed by atoms with Gasteiger partial charge in [0, 0.05) is 24.5 Å². The maximum atomic E-state index is 12.2. The lowest BCUT2D eigenvalue weighted by Crippen LogP contribution is -2.39. The number of alkyl carbamates (subject to hydrolysis) is 1. The minimum Gasteiger partial charge on any atom is -0.444 e. The van der Waals surface area contributed by atoms with Crippen LogP contribution in [0.1, 0.15) is 52.6 Å². The first kappa shape index (κ1) is 23.2. The molecule has 0 heterocycles. The lowest BCUT2D eigenvalue weighted by atomic mass is 10.0. The molecule has 1 atom stereocenters. The number of nitrogens with one attached hydrogen (secondary N) is 2. The molecule has 1 rings (SSSR count). The van der Waals surface area contributed by atoms with E-state index in [1.165, 1.54) is 0 Å². The Morgan fingerprint density at radius 1 is 1.15 bits per heavy atom. The second kappa shape index (κ2) is 11.1. The lowest BCUT2D eigenvalue weighted by molar-refractivity contribution is -0.121. The molecule has 0 spiro atoms. The molecule has 0 aliphatic rings. The third-order valence-electron chi connectivity index (χ3n) is 4.03. The van der Waals surface area contributed by atoms with Crippen LogP contribution >= 0.6 is 11.6 Å². The molecule has 6 nitrogen and oxygen atoms in total. The Balaban J connectivity index is 2.57. The van der Waals surface area contributed by atoms with Crippen LogP contribution in [0.4, 0.5) is 4.79 Å². The van der Waals surface area contributed by atoms with Gasteiger partial charge in [0.05, 0.1) is 6.04 Å². The number of halogens is 1. The van der Waals surface area contributed by atoms with Crippen molar-refractivity contribution in [1.29, 1.82) is 0 Å². The van der Waals surface area contributed by atoms with Gasteiger partial charge in [-0.15, -0.1) is 0 Å². The molecule has 152 valence electrons. The summed E-state index contributed by atoms with van der Waals surface area (Å²) in [7, 11) is 0. The third-order valence-corrected chi connectivity index (χ3v) is 4.37. The summed E-state index contributed by atoms with van der Waals surface area (Å²) in [6.07, 6.45) is -0.334. The summed E-state index contributed by atoms with van der Waals surface area (Å²) in [6, 6.07) is 7.69. The normalized spacial score (nSPS) is 12.6. The number of amides is 2. The van der Waals surface area contributed by atoms with Crippen LogP contribution in [0.15, 0.2) is 24.3 Å². The van der Waals surface area contributed by atoms with Crippen LogP contribution in [0.5, 0.6) is 0 Å². The van der Waals surface area contributed by atoms with Gasteiger partial charge in [0.15, 0.2) is 0 Å². The Bertz CT molecular complexity index is 613. The van der Waals surface area contributed by atoms with Gasteiger partial charge in [0.2, 0.25) is 5.91 Å². The van der Waals surface area contributed by atoms with Crippen molar-refractivity contribution in [3.8, 4) is 0 Å². The van der Waals surface area contributed by atoms with Gasteiger partial charge < -0.3 is 15.4 Å². The Kier molecular flexibility index (Phi) is 9.60. The fourth-order valence-electron chi connectivity index (χ4n) is 2.74. The van der Waals surface area contributed by atoms with Gasteiger partial charge in [-0.25, -0.2) is 4.79 Å². The van der Waals surface area contributed by atoms with Crippen LogP contribution in [-0.2, 0) is 9.53 Å². The number of benzene rings is 1. The van der Waals surface area contributed by atoms with E-state index in [1.54, 1.807) is 20.8 Å². The van der Waals surface area contributed by atoms with Crippen LogP contribution in [0, 0.1) is 0 Å². The molecule has 7 heteroatoms. The van der Waals surface area contributed by atoms with Gasteiger partial charge in [0.25, 0.3) is 0 Å². The van der Waals surface area contributed by atoms with Gasteiger partial charge in [-0.2, -0.15) is 0 Å². The number of rotatable bonds is 9. The summed E-state index contributed by atoms with van der Waals surface area (Å²) >= 11 is 6.36. The van der Waals surface area contributed by atoms with Crippen molar-refractivity contribution in [3.05, 3.63) is 34.9 Å². The molecule has 2 N–H and O–H groups in total. The molecule has 1 aromatic rings. The van der Waals surface area contributed by atoms with E-state index in [0.29, 0.717) is 11.6 Å². The minimum atomic E-state index is -0.557. The SMILES string of the molecule is CCN(CC)C(CNC(=O)CCNC(=O)OC(C)(C)C)c1ccccc1Cl. The molecule has 0 bridgehead atoms. The minimum absolute atomic E-state index is 0.00327. The summed E-state index contributed by atoms with van der Waals surface area (Å²) < 4.78 is 5.15. The van der Waals surface area contributed by atoms with Crippen molar-refractivity contribution < 1.29 is 14.3 Å². The average Bonchev–Trinajstić information content (AvgIpc) is 2.58. The van der Waals surface area contributed by atoms with Crippen LogP contribution in [0.2, 0.25) is 5.02 Å². The van der Waals surface area contributed by atoms with Gasteiger partial charge in [-0.05, 0) is 45.5 Å². The number of likely N-dealkylation sites (N-methyl/N-ethyl adjacent to an activating group) is 1. The number of carbonyl (C=O) groups is 2. The second-order valence-corrected chi connectivity index (χ2v) is 7.65. The van der Waals surface area contributed by atoms with Crippen molar-refractivity contribution in [1.82, 2.24) is 15.5 Å². The summed E-state index contributed by atoms with van der Waals surface area (Å²) in [5, 5.41) is 6.23. The van der Waals surface area contributed by atoms with E-state index < -0.39 is 11.7 Å². The summed E-state index contributed by atoms with van der Waals surface area (Å²) in [5.74, 6) is -0.129. The quantitative estimate of drug-likeness (QED) is 0.665. The molecular formula is C20H32ClN3O3. The number of hydrogen-bond acceptors (Lipinski definition) is 4.